The minimum absolute atomic E-state index is 0.221. The van der Waals surface area contributed by atoms with Crippen molar-refractivity contribution in [2.45, 2.75) is 29.5 Å². The number of carbonyl (C=O) groups is 1. The minimum atomic E-state index is -0.611. The Morgan fingerprint density at radius 2 is 1.80 bits per heavy atom. The molecule has 1 amide bonds. The molecule has 152 valence electrons. The third kappa shape index (κ3) is 4.98. The van der Waals surface area contributed by atoms with Gasteiger partial charge in [0.05, 0.1) is 0 Å². The van der Waals surface area contributed by atoms with Crippen molar-refractivity contribution in [2.75, 3.05) is 5.32 Å². The summed E-state index contributed by atoms with van der Waals surface area (Å²) in [5.74, 6) is 1.29. The zero-order valence-corrected chi connectivity index (χ0v) is 18.1. The van der Waals surface area contributed by atoms with Gasteiger partial charge in [-0.15, -0.1) is 10.2 Å². The van der Waals surface area contributed by atoms with Crippen molar-refractivity contribution in [3.05, 3.63) is 78.4 Å². The Morgan fingerprint density at radius 1 is 1.03 bits per heavy atom. The molecule has 0 saturated heterocycles. The maximum atomic E-state index is 12.8. The molecule has 1 N–H and O–H groups in total. The van der Waals surface area contributed by atoms with Gasteiger partial charge in [-0.1, -0.05) is 96.8 Å². The van der Waals surface area contributed by atoms with Crippen molar-refractivity contribution in [1.29, 1.82) is 0 Å². The van der Waals surface area contributed by atoms with Crippen molar-refractivity contribution >= 4 is 44.9 Å². The second-order valence-electron chi connectivity index (χ2n) is 6.63. The molecule has 0 bridgehead atoms. The second-order valence-corrected chi connectivity index (χ2v) is 8.83. The van der Waals surface area contributed by atoms with Crippen LogP contribution < -0.4 is 10.1 Å². The number of nitrogens with zero attached hydrogens (tertiary/aromatic N) is 2. The average molecular weight is 436 g/mol. The van der Waals surface area contributed by atoms with Crippen LogP contribution in [0.2, 0.25) is 0 Å². The van der Waals surface area contributed by atoms with E-state index in [2.05, 4.69) is 27.6 Å². The Labute approximate surface area is 183 Å². The molecule has 0 radical (unpaired) electrons. The van der Waals surface area contributed by atoms with Crippen molar-refractivity contribution in [3.8, 4) is 5.75 Å². The molecule has 1 unspecified atom stereocenters. The number of ether oxygens (including phenoxy) is 1. The number of benzene rings is 3. The molecule has 4 rings (SSSR count). The molecule has 3 aromatic carbocycles. The molecule has 0 spiro atoms. The van der Waals surface area contributed by atoms with Gasteiger partial charge < -0.3 is 4.74 Å². The number of anilines is 1. The van der Waals surface area contributed by atoms with Crippen molar-refractivity contribution < 1.29 is 9.53 Å². The summed E-state index contributed by atoms with van der Waals surface area (Å²) < 4.78 is 6.88. The highest BCUT2D eigenvalue weighted by Gasteiger charge is 2.21. The summed E-state index contributed by atoms with van der Waals surface area (Å²) in [5, 5.41) is 13.7. The molecule has 1 atom stereocenters. The van der Waals surface area contributed by atoms with Crippen molar-refractivity contribution in [2.24, 2.45) is 0 Å². The van der Waals surface area contributed by atoms with E-state index in [1.165, 1.54) is 16.9 Å². The first kappa shape index (κ1) is 20.4. The molecule has 0 aliphatic heterocycles. The standard InChI is InChI=1S/C23H21N3O2S2/c1-2-19(28-20-14-8-12-17-11-6-7-13-18(17)20)21(27)24-22-25-26-23(30-22)29-15-16-9-4-3-5-10-16/h3-14,19H,2,15H2,1H3,(H,24,25,27). The lowest BCUT2D eigenvalue weighted by molar-refractivity contribution is -0.122. The fourth-order valence-corrected chi connectivity index (χ4v) is 4.71. The molecule has 5 nitrogen and oxygen atoms in total. The maximum Gasteiger partial charge on any atom is 0.267 e. The van der Waals surface area contributed by atoms with Gasteiger partial charge in [-0.3, -0.25) is 10.1 Å². The lowest BCUT2D eigenvalue weighted by Gasteiger charge is -2.17. The average Bonchev–Trinajstić information content (AvgIpc) is 3.24. The van der Waals surface area contributed by atoms with Crippen LogP contribution >= 0.6 is 23.1 Å². The normalized spacial score (nSPS) is 11.9. The number of carbonyl (C=O) groups excluding carboxylic acids is 1. The van der Waals surface area contributed by atoms with Gasteiger partial charge in [0.25, 0.3) is 5.91 Å². The molecular weight excluding hydrogens is 414 g/mol. The molecule has 1 heterocycles. The van der Waals surface area contributed by atoms with Crippen LogP contribution in [0.15, 0.2) is 77.1 Å². The van der Waals surface area contributed by atoms with Crippen LogP contribution in [0.25, 0.3) is 10.8 Å². The van der Waals surface area contributed by atoms with Crippen LogP contribution in [0.3, 0.4) is 0 Å². The highest BCUT2D eigenvalue weighted by molar-refractivity contribution is 8.00. The number of amides is 1. The van der Waals surface area contributed by atoms with E-state index in [1.54, 1.807) is 11.8 Å². The van der Waals surface area contributed by atoms with Crippen LogP contribution in [0.4, 0.5) is 5.13 Å². The highest BCUT2D eigenvalue weighted by Crippen LogP contribution is 2.29. The fourth-order valence-electron chi connectivity index (χ4n) is 3.00. The Bertz CT molecular complexity index is 1130. The van der Waals surface area contributed by atoms with Gasteiger partial charge in [-0.05, 0) is 23.4 Å². The summed E-state index contributed by atoms with van der Waals surface area (Å²) in [7, 11) is 0. The molecular formula is C23H21N3O2S2. The SMILES string of the molecule is CCC(Oc1cccc2ccccc12)C(=O)Nc1nnc(SCc2ccccc2)s1. The van der Waals surface area contributed by atoms with Crippen molar-refractivity contribution in [1.82, 2.24) is 10.2 Å². The molecule has 30 heavy (non-hydrogen) atoms. The first-order valence-corrected chi connectivity index (χ1v) is 11.5. The quantitative estimate of drug-likeness (QED) is 0.281. The molecule has 1 aromatic heterocycles. The minimum Gasteiger partial charge on any atom is -0.480 e. The number of nitrogens with one attached hydrogen (secondary N) is 1. The third-order valence-corrected chi connectivity index (χ3v) is 6.57. The number of fused-ring (bicyclic) bond motifs is 1. The van der Waals surface area contributed by atoms with Gasteiger partial charge in [0, 0.05) is 11.1 Å². The number of rotatable bonds is 8. The van der Waals surface area contributed by atoms with Gasteiger partial charge in [-0.2, -0.15) is 0 Å². The van der Waals surface area contributed by atoms with Crippen LogP contribution in [-0.2, 0) is 10.5 Å². The Kier molecular flexibility index (Phi) is 6.61. The van der Waals surface area contributed by atoms with Gasteiger partial charge in [-0.25, -0.2) is 0 Å². The number of hydrogen-bond acceptors (Lipinski definition) is 6. The summed E-state index contributed by atoms with van der Waals surface area (Å²) in [6, 6.07) is 24.0. The predicted octanol–water partition coefficient (Wildman–Crippen LogP) is 5.78. The van der Waals surface area contributed by atoms with Crippen LogP contribution in [0.1, 0.15) is 18.9 Å². The highest BCUT2D eigenvalue weighted by atomic mass is 32.2. The fraction of sp³-hybridized carbons (Fsp3) is 0.174. The topological polar surface area (TPSA) is 64.1 Å². The lowest BCUT2D eigenvalue weighted by atomic mass is 10.1. The van der Waals surface area contributed by atoms with E-state index in [0.29, 0.717) is 17.3 Å². The number of thioether (sulfide) groups is 1. The van der Waals surface area contributed by atoms with E-state index in [4.69, 9.17) is 4.74 Å². The zero-order valence-electron chi connectivity index (χ0n) is 16.4. The Hall–Kier alpha value is -2.90. The van der Waals surface area contributed by atoms with Gasteiger partial charge in [0.15, 0.2) is 10.4 Å². The largest absolute Gasteiger partial charge is 0.480 e. The van der Waals surface area contributed by atoms with E-state index >= 15 is 0 Å². The number of aromatic nitrogens is 2. The van der Waals surface area contributed by atoms with Gasteiger partial charge >= 0.3 is 0 Å². The smallest absolute Gasteiger partial charge is 0.267 e. The second kappa shape index (κ2) is 9.73. The molecule has 0 aliphatic rings. The molecule has 7 heteroatoms. The van der Waals surface area contributed by atoms with Crippen LogP contribution in [0, 0.1) is 0 Å². The Morgan fingerprint density at radius 3 is 2.63 bits per heavy atom. The van der Waals surface area contributed by atoms with E-state index in [1.807, 2.05) is 67.6 Å². The van der Waals surface area contributed by atoms with E-state index in [9.17, 15) is 4.79 Å². The maximum absolute atomic E-state index is 12.8. The van der Waals surface area contributed by atoms with Crippen LogP contribution in [-0.4, -0.2) is 22.2 Å². The van der Waals surface area contributed by atoms with Crippen LogP contribution in [0.5, 0.6) is 5.75 Å². The zero-order chi connectivity index (χ0) is 20.8. The first-order valence-electron chi connectivity index (χ1n) is 9.68. The molecule has 0 fully saturated rings. The van der Waals surface area contributed by atoms with Gasteiger partial charge in [0.1, 0.15) is 5.75 Å². The monoisotopic (exact) mass is 435 g/mol. The van der Waals surface area contributed by atoms with E-state index in [0.717, 1.165) is 20.9 Å². The summed E-state index contributed by atoms with van der Waals surface area (Å²) in [5.41, 5.74) is 1.22. The van der Waals surface area contributed by atoms with E-state index in [-0.39, 0.29) is 5.91 Å². The summed E-state index contributed by atoms with van der Waals surface area (Å²) in [6.45, 7) is 1.93. The van der Waals surface area contributed by atoms with Gasteiger partial charge in [0.2, 0.25) is 5.13 Å². The first-order chi connectivity index (χ1) is 14.7. The predicted molar refractivity (Wildman–Crippen MR) is 123 cm³/mol. The number of hydrogen-bond donors (Lipinski definition) is 1. The van der Waals surface area contributed by atoms with Crippen molar-refractivity contribution in [3.63, 3.8) is 0 Å². The molecule has 0 saturated carbocycles. The summed E-state index contributed by atoms with van der Waals surface area (Å²) in [6.07, 6.45) is -0.0659. The molecule has 0 aliphatic carbocycles. The third-order valence-electron chi connectivity index (χ3n) is 4.52. The summed E-state index contributed by atoms with van der Waals surface area (Å²) in [4.78, 5) is 12.8. The molecule has 4 aromatic rings. The Balaban J connectivity index is 1.39. The summed E-state index contributed by atoms with van der Waals surface area (Å²) >= 11 is 2.97. The van der Waals surface area contributed by atoms with E-state index < -0.39 is 6.10 Å². The lowest BCUT2D eigenvalue weighted by Crippen LogP contribution is -2.32.